The van der Waals surface area contributed by atoms with E-state index in [1.807, 2.05) is 24.3 Å². The van der Waals surface area contributed by atoms with Crippen LogP contribution in [-0.2, 0) is 0 Å². The van der Waals surface area contributed by atoms with Crippen LogP contribution >= 0.6 is 23.2 Å². The first-order valence-corrected chi connectivity index (χ1v) is 10.2. The monoisotopic (exact) mass is 423 g/mol. The first-order valence-electron chi connectivity index (χ1n) is 9.40. The normalized spacial score (nSPS) is 15.9. The Hall–Kier alpha value is -2.42. The number of benzene rings is 2. The van der Waals surface area contributed by atoms with Gasteiger partial charge >= 0.3 is 0 Å². The van der Waals surface area contributed by atoms with E-state index >= 15 is 0 Å². The third-order valence-corrected chi connectivity index (χ3v) is 5.69. The molecule has 4 nitrogen and oxygen atoms in total. The smallest absolute Gasteiger partial charge is 0.101 e. The standard InChI is InChI=1S/C23H19Cl2N3O/c24-18-11-17(12-19(25)13-18)21-20(3-1-8-27-21)23(29)22(28-9-2-10-28)16-6-4-15(14-26)5-7-16/h1,3-8,11-13,22-23,29H,2,9-10H2. The third kappa shape index (κ3) is 4.14. The van der Waals surface area contributed by atoms with Crippen molar-refractivity contribution in [2.45, 2.75) is 18.6 Å². The molecule has 2 aromatic carbocycles. The molecule has 1 N–H and O–H groups in total. The lowest BCUT2D eigenvalue weighted by Crippen LogP contribution is -2.42. The number of hydrogen-bond acceptors (Lipinski definition) is 4. The molecular formula is C23H19Cl2N3O. The van der Waals surface area contributed by atoms with Gasteiger partial charge < -0.3 is 5.11 Å². The van der Waals surface area contributed by atoms with Gasteiger partial charge in [0.05, 0.1) is 23.4 Å². The molecule has 29 heavy (non-hydrogen) atoms. The second kappa shape index (κ2) is 8.52. The molecule has 2 heterocycles. The van der Waals surface area contributed by atoms with Crippen molar-refractivity contribution >= 4 is 23.2 Å². The highest BCUT2D eigenvalue weighted by Gasteiger charge is 2.33. The molecule has 0 spiro atoms. The van der Waals surface area contributed by atoms with E-state index in [2.05, 4.69) is 16.0 Å². The molecule has 0 amide bonds. The summed E-state index contributed by atoms with van der Waals surface area (Å²) >= 11 is 12.4. The van der Waals surface area contributed by atoms with Gasteiger partial charge in [-0.3, -0.25) is 9.88 Å². The highest BCUT2D eigenvalue weighted by atomic mass is 35.5. The minimum absolute atomic E-state index is 0.228. The second-order valence-corrected chi connectivity index (χ2v) is 7.99. The zero-order valence-corrected chi connectivity index (χ0v) is 17.1. The number of halogens is 2. The highest BCUT2D eigenvalue weighted by molar-refractivity contribution is 6.35. The van der Waals surface area contributed by atoms with E-state index in [0.29, 0.717) is 26.9 Å². The van der Waals surface area contributed by atoms with Gasteiger partial charge in [0, 0.05) is 40.5 Å². The number of nitrogens with zero attached hydrogens (tertiary/aromatic N) is 3. The zero-order chi connectivity index (χ0) is 20.4. The van der Waals surface area contributed by atoms with Gasteiger partial charge in [0.1, 0.15) is 6.10 Å². The first kappa shape index (κ1) is 19.9. The minimum atomic E-state index is -0.801. The van der Waals surface area contributed by atoms with Crippen LogP contribution in [-0.4, -0.2) is 28.1 Å². The van der Waals surface area contributed by atoms with Crippen molar-refractivity contribution in [1.82, 2.24) is 9.88 Å². The van der Waals surface area contributed by atoms with Crippen LogP contribution in [0.15, 0.2) is 60.8 Å². The summed E-state index contributed by atoms with van der Waals surface area (Å²) < 4.78 is 0. The van der Waals surface area contributed by atoms with Crippen LogP contribution in [0.4, 0.5) is 0 Å². The number of pyridine rings is 1. The fourth-order valence-electron chi connectivity index (χ4n) is 3.72. The predicted molar refractivity (Wildman–Crippen MR) is 115 cm³/mol. The summed E-state index contributed by atoms with van der Waals surface area (Å²) in [5.41, 5.74) is 3.70. The van der Waals surface area contributed by atoms with E-state index < -0.39 is 6.10 Å². The number of nitriles is 1. The average molecular weight is 424 g/mol. The van der Waals surface area contributed by atoms with Gasteiger partial charge in [-0.15, -0.1) is 0 Å². The number of aromatic nitrogens is 1. The van der Waals surface area contributed by atoms with Crippen molar-refractivity contribution in [2.24, 2.45) is 0 Å². The minimum Gasteiger partial charge on any atom is -0.386 e. The van der Waals surface area contributed by atoms with E-state index in [9.17, 15) is 5.11 Å². The highest BCUT2D eigenvalue weighted by Crippen LogP contribution is 2.40. The molecular weight excluding hydrogens is 405 g/mol. The Morgan fingerprint density at radius 2 is 1.72 bits per heavy atom. The van der Waals surface area contributed by atoms with Crippen molar-refractivity contribution in [2.75, 3.05) is 13.1 Å². The van der Waals surface area contributed by atoms with E-state index in [1.54, 1.807) is 36.5 Å². The van der Waals surface area contributed by atoms with Gasteiger partial charge in [0.25, 0.3) is 0 Å². The molecule has 0 aliphatic carbocycles. The lowest BCUT2D eigenvalue weighted by Gasteiger charge is -2.41. The van der Waals surface area contributed by atoms with Gasteiger partial charge in [-0.25, -0.2) is 0 Å². The largest absolute Gasteiger partial charge is 0.386 e. The van der Waals surface area contributed by atoms with Gasteiger partial charge in [-0.05, 0) is 48.4 Å². The molecule has 2 unspecified atom stereocenters. The summed E-state index contributed by atoms with van der Waals surface area (Å²) in [6, 6.07) is 18.3. The molecule has 1 fully saturated rings. The molecule has 1 saturated heterocycles. The maximum atomic E-state index is 11.5. The Labute approximate surface area is 180 Å². The molecule has 2 atom stereocenters. The number of likely N-dealkylation sites (tertiary alicyclic amines) is 1. The van der Waals surface area contributed by atoms with Crippen molar-refractivity contribution < 1.29 is 5.11 Å². The van der Waals surface area contributed by atoms with Crippen molar-refractivity contribution in [3.05, 3.63) is 87.5 Å². The first-order chi connectivity index (χ1) is 14.1. The third-order valence-electron chi connectivity index (χ3n) is 5.26. The van der Waals surface area contributed by atoms with Crippen LogP contribution in [0.25, 0.3) is 11.3 Å². The van der Waals surface area contributed by atoms with Crippen LogP contribution in [0.1, 0.15) is 35.3 Å². The summed E-state index contributed by atoms with van der Waals surface area (Å²) in [7, 11) is 0. The van der Waals surface area contributed by atoms with E-state index in [-0.39, 0.29) is 6.04 Å². The Balaban J connectivity index is 1.77. The van der Waals surface area contributed by atoms with Crippen LogP contribution in [0.2, 0.25) is 10.0 Å². The topological polar surface area (TPSA) is 60.1 Å². The number of rotatable bonds is 5. The van der Waals surface area contributed by atoms with E-state index in [0.717, 1.165) is 30.6 Å². The van der Waals surface area contributed by atoms with Crippen LogP contribution < -0.4 is 0 Å². The molecule has 3 aromatic rings. The summed E-state index contributed by atoms with van der Waals surface area (Å²) in [5.74, 6) is 0. The number of aliphatic hydroxyl groups excluding tert-OH is 1. The summed E-state index contributed by atoms with van der Waals surface area (Å²) in [5, 5.41) is 21.6. The fourth-order valence-corrected chi connectivity index (χ4v) is 4.25. The molecule has 0 saturated carbocycles. The van der Waals surface area contributed by atoms with Gasteiger partial charge in [0.2, 0.25) is 0 Å². The van der Waals surface area contributed by atoms with Gasteiger partial charge in [-0.1, -0.05) is 41.4 Å². The summed E-state index contributed by atoms with van der Waals surface area (Å²) in [6.07, 6.45) is 1.99. The Morgan fingerprint density at radius 1 is 1.03 bits per heavy atom. The van der Waals surface area contributed by atoms with Crippen molar-refractivity contribution in [3.8, 4) is 17.3 Å². The SMILES string of the molecule is N#Cc1ccc(C(C(O)c2cccnc2-c2cc(Cl)cc(Cl)c2)N2CCC2)cc1. The maximum absolute atomic E-state index is 11.5. The lowest BCUT2D eigenvalue weighted by molar-refractivity contribution is 0.0130. The van der Waals surface area contributed by atoms with Gasteiger partial charge in [-0.2, -0.15) is 5.26 Å². The van der Waals surface area contributed by atoms with Crippen LogP contribution in [0, 0.1) is 11.3 Å². The molecule has 6 heteroatoms. The van der Waals surface area contributed by atoms with Crippen LogP contribution in [0.3, 0.4) is 0 Å². The van der Waals surface area contributed by atoms with E-state index in [1.165, 1.54) is 0 Å². The average Bonchev–Trinajstić information content (AvgIpc) is 2.69. The molecule has 1 aliphatic rings. The lowest BCUT2D eigenvalue weighted by atomic mass is 9.90. The zero-order valence-electron chi connectivity index (χ0n) is 15.6. The molecule has 0 radical (unpaired) electrons. The predicted octanol–water partition coefficient (Wildman–Crippen LogP) is 5.41. The van der Waals surface area contributed by atoms with Gasteiger partial charge in [0.15, 0.2) is 0 Å². The Kier molecular flexibility index (Phi) is 5.84. The maximum Gasteiger partial charge on any atom is 0.101 e. The molecule has 146 valence electrons. The van der Waals surface area contributed by atoms with Crippen molar-refractivity contribution in [1.29, 1.82) is 5.26 Å². The molecule has 1 aliphatic heterocycles. The Morgan fingerprint density at radius 3 is 2.31 bits per heavy atom. The Bertz CT molecular complexity index is 1040. The second-order valence-electron chi connectivity index (χ2n) is 7.11. The molecule has 0 bridgehead atoms. The summed E-state index contributed by atoms with van der Waals surface area (Å²) in [6.45, 7) is 1.83. The molecule has 4 rings (SSSR count). The summed E-state index contributed by atoms with van der Waals surface area (Å²) in [4.78, 5) is 6.76. The van der Waals surface area contributed by atoms with Crippen molar-refractivity contribution in [3.63, 3.8) is 0 Å². The quantitative estimate of drug-likeness (QED) is 0.595. The fraction of sp³-hybridized carbons (Fsp3) is 0.217. The number of aliphatic hydroxyl groups is 1. The van der Waals surface area contributed by atoms with Crippen LogP contribution in [0.5, 0.6) is 0 Å². The molecule has 1 aromatic heterocycles. The number of hydrogen-bond donors (Lipinski definition) is 1. The van der Waals surface area contributed by atoms with E-state index in [4.69, 9.17) is 28.5 Å².